The van der Waals surface area contributed by atoms with E-state index >= 15 is 0 Å². The second-order valence-corrected chi connectivity index (χ2v) is 7.18. The highest BCUT2D eigenvalue weighted by Gasteiger charge is 2.23. The maximum atomic E-state index is 5.92. The lowest BCUT2D eigenvalue weighted by molar-refractivity contribution is 0.174. The van der Waals surface area contributed by atoms with Crippen LogP contribution in [-0.4, -0.2) is 35.1 Å². The Balaban J connectivity index is 1.98. The van der Waals surface area contributed by atoms with E-state index in [1.165, 1.54) is 12.8 Å². The molecule has 1 aromatic heterocycles. The molecule has 1 aromatic rings. The molecule has 0 aromatic carbocycles. The molecule has 1 aliphatic heterocycles. The average molecular weight is 279 g/mol. The standard InChI is InChI=1S/C16H29N3O/c1-12(2)19(10-13-7-6-8-17-13)11-15-18-9-14(20-15)16(3,4)5/h9,12-13,17H,6-8,10-11H2,1-5H3. The molecule has 0 aliphatic carbocycles. The molecule has 0 amide bonds. The van der Waals surface area contributed by atoms with Crippen molar-refractivity contribution in [3.05, 3.63) is 17.8 Å². The molecule has 0 radical (unpaired) electrons. The van der Waals surface area contributed by atoms with Crippen LogP contribution in [0.25, 0.3) is 0 Å². The first-order valence-electron chi connectivity index (χ1n) is 7.79. The van der Waals surface area contributed by atoms with Crippen molar-refractivity contribution in [3.8, 4) is 0 Å². The van der Waals surface area contributed by atoms with Crippen molar-refractivity contribution in [2.75, 3.05) is 13.1 Å². The molecule has 1 fully saturated rings. The summed E-state index contributed by atoms with van der Waals surface area (Å²) in [5.74, 6) is 1.80. The van der Waals surface area contributed by atoms with E-state index in [0.29, 0.717) is 12.1 Å². The van der Waals surface area contributed by atoms with Crippen LogP contribution < -0.4 is 5.32 Å². The van der Waals surface area contributed by atoms with Crippen LogP contribution in [0.4, 0.5) is 0 Å². The van der Waals surface area contributed by atoms with Gasteiger partial charge in [-0.05, 0) is 33.2 Å². The number of nitrogens with zero attached hydrogens (tertiary/aromatic N) is 2. The first-order valence-corrected chi connectivity index (χ1v) is 7.79. The second-order valence-electron chi connectivity index (χ2n) is 7.18. The van der Waals surface area contributed by atoms with Gasteiger partial charge in [0.1, 0.15) is 5.76 Å². The predicted octanol–water partition coefficient (Wildman–Crippen LogP) is 2.93. The summed E-state index contributed by atoms with van der Waals surface area (Å²) in [5, 5.41) is 3.56. The normalized spacial score (nSPS) is 20.2. The van der Waals surface area contributed by atoms with Crippen LogP contribution in [0.1, 0.15) is 59.1 Å². The van der Waals surface area contributed by atoms with E-state index in [-0.39, 0.29) is 5.41 Å². The number of oxazole rings is 1. The minimum absolute atomic E-state index is 0.0287. The monoisotopic (exact) mass is 279 g/mol. The first kappa shape index (κ1) is 15.5. The van der Waals surface area contributed by atoms with Crippen molar-refractivity contribution < 1.29 is 4.42 Å². The van der Waals surface area contributed by atoms with Crippen molar-refractivity contribution in [1.82, 2.24) is 15.2 Å². The fourth-order valence-corrected chi connectivity index (χ4v) is 2.56. The number of hydrogen-bond acceptors (Lipinski definition) is 4. The molecule has 1 atom stereocenters. The van der Waals surface area contributed by atoms with Gasteiger partial charge in [0.15, 0.2) is 0 Å². The SMILES string of the molecule is CC(C)N(Cc1ncc(C(C)(C)C)o1)CC1CCCN1. The van der Waals surface area contributed by atoms with Crippen LogP contribution in [0.3, 0.4) is 0 Å². The minimum atomic E-state index is 0.0287. The average Bonchev–Trinajstić information content (AvgIpc) is 2.97. The molecule has 2 rings (SSSR count). The van der Waals surface area contributed by atoms with Gasteiger partial charge in [-0.1, -0.05) is 20.8 Å². The Morgan fingerprint density at radius 2 is 2.20 bits per heavy atom. The molecule has 0 spiro atoms. The summed E-state index contributed by atoms with van der Waals surface area (Å²) in [6, 6.07) is 1.12. The zero-order chi connectivity index (χ0) is 14.8. The van der Waals surface area contributed by atoms with E-state index in [1.54, 1.807) is 0 Å². The summed E-state index contributed by atoms with van der Waals surface area (Å²) in [7, 11) is 0. The molecule has 20 heavy (non-hydrogen) atoms. The molecule has 4 nitrogen and oxygen atoms in total. The summed E-state index contributed by atoms with van der Waals surface area (Å²) < 4.78 is 5.92. The lowest BCUT2D eigenvalue weighted by atomic mass is 9.94. The Hall–Kier alpha value is -0.870. The smallest absolute Gasteiger partial charge is 0.208 e. The van der Waals surface area contributed by atoms with Gasteiger partial charge in [0.05, 0.1) is 12.7 Å². The van der Waals surface area contributed by atoms with Crippen LogP contribution in [-0.2, 0) is 12.0 Å². The van der Waals surface area contributed by atoms with Gasteiger partial charge in [-0.25, -0.2) is 4.98 Å². The van der Waals surface area contributed by atoms with Gasteiger partial charge in [0, 0.05) is 24.0 Å². The van der Waals surface area contributed by atoms with Crippen LogP contribution in [0, 0.1) is 0 Å². The Kier molecular flexibility index (Phi) is 4.86. The summed E-state index contributed by atoms with van der Waals surface area (Å²) >= 11 is 0. The van der Waals surface area contributed by atoms with Gasteiger partial charge in [-0.2, -0.15) is 0 Å². The Morgan fingerprint density at radius 3 is 2.70 bits per heavy atom. The van der Waals surface area contributed by atoms with Crippen molar-refractivity contribution in [3.63, 3.8) is 0 Å². The number of nitrogens with one attached hydrogen (secondary N) is 1. The van der Waals surface area contributed by atoms with Crippen LogP contribution in [0.2, 0.25) is 0 Å². The molecule has 2 heterocycles. The quantitative estimate of drug-likeness (QED) is 0.900. The molecule has 1 saturated heterocycles. The van der Waals surface area contributed by atoms with Gasteiger partial charge in [0.25, 0.3) is 0 Å². The van der Waals surface area contributed by atoms with E-state index in [4.69, 9.17) is 4.42 Å². The van der Waals surface area contributed by atoms with Gasteiger partial charge >= 0.3 is 0 Å². The zero-order valence-corrected chi connectivity index (χ0v) is 13.6. The molecule has 0 bridgehead atoms. The summed E-state index contributed by atoms with van der Waals surface area (Å²) in [4.78, 5) is 6.90. The molecule has 0 saturated carbocycles. The van der Waals surface area contributed by atoms with Crippen LogP contribution >= 0.6 is 0 Å². The summed E-state index contributed by atoms with van der Waals surface area (Å²) in [6.07, 6.45) is 4.45. The Morgan fingerprint density at radius 1 is 1.45 bits per heavy atom. The zero-order valence-electron chi connectivity index (χ0n) is 13.6. The minimum Gasteiger partial charge on any atom is -0.444 e. The van der Waals surface area contributed by atoms with Gasteiger partial charge in [-0.3, -0.25) is 4.90 Å². The molecule has 1 unspecified atom stereocenters. The lowest BCUT2D eigenvalue weighted by Crippen LogP contribution is -2.40. The molecule has 114 valence electrons. The third-order valence-electron chi connectivity index (χ3n) is 3.98. The summed E-state index contributed by atoms with van der Waals surface area (Å²) in [6.45, 7) is 14.0. The molecule has 4 heteroatoms. The lowest BCUT2D eigenvalue weighted by Gasteiger charge is -2.28. The van der Waals surface area contributed by atoms with Crippen molar-refractivity contribution in [1.29, 1.82) is 0 Å². The highest BCUT2D eigenvalue weighted by Crippen LogP contribution is 2.23. The highest BCUT2D eigenvalue weighted by molar-refractivity contribution is 5.06. The van der Waals surface area contributed by atoms with E-state index in [2.05, 4.69) is 49.8 Å². The third-order valence-corrected chi connectivity index (χ3v) is 3.98. The fourth-order valence-electron chi connectivity index (χ4n) is 2.56. The largest absolute Gasteiger partial charge is 0.444 e. The number of hydrogen-bond donors (Lipinski definition) is 1. The Bertz CT molecular complexity index is 414. The third kappa shape index (κ3) is 4.06. The van der Waals surface area contributed by atoms with Crippen LogP contribution in [0.15, 0.2) is 10.6 Å². The van der Waals surface area contributed by atoms with Crippen molar-refractivity contribution in [2.45, 2.75) is 71.5 Å². The van der Waals surface area contributed by atoms with E-state index < -0.39 is 0 Å². The summed E-state index contributed by atoms with van der Waals surface area (Å²) in [5.41, 5.74) is 0.0287. The Labute approximate surface area is 122 Å². The topological polar surface area (TPSA) is 41.3 Å². The first-order chi connectivity index (χ1) is 9.36. The molecule has 1 aliphatic rings. The van der Waals surface area contributed by atoms with Gasteiger partial charge in [0.2, 0.25) is 5.89 Å². The van der Waals surface area contributed by atoms with Crippen molar-refractivity contribution >= 4 is 0 Å². The van der Waals surface area contributed by atoms with E-state index in [1.807, 2.05) is 6.20 Å². The van der Waals surface area contributed by atoms with Gasteiger partial charge < -0.3 is 9.73 Å². The number of aromatic nitrogens is 1. The second kappa shape index (κ2) is 6.27. The maximum absolute atomic E-state index is 5.92. The van der Waals surface area contributed by atoms with Gasteiger partial charge in [-0.15, -0.1) is 0 Å². The number of rotatable bonds is 5. The predicted molar refractivity (Wildman–Crippen MR) is 81.8 cm³/mol. The van der Waals surface area contributed by atoms with E-state index in [0.717, 1.165) is 31.3 Å². The van der Waals surface area contributed by atoms with E-state index in [9.17, 15) is 0 Å². The molecular formula is C16H29N3O. The molecular weight excluding hydrogens is 250 g/mol. The van der Waals surface area contributed by atoms with Crippen LogP contribution in [0.5, 0.6) is 0 Å². The fraction of sp³-hybridized carbons (Fsp3) is 0.812. The molecule has 1 N–H and O–H groups in total. The highest BCUT2D eigenvalue weighted by atomic mass is 16.4. The van der Waals surface area contributed by atoms with Crippen molar-refractivity contribution in [2.24, 2.45) is 0 Å². The maximum Gasteiger partial charge on any atom is 0.208 e.